The highest BCUT2D eigenvalue weighted by Gasteiger charge is 2.38. The summed E-state index contributed by atoms with van der Waals surface area (Å²) in [5.41, 5.74) is 1.20. The van der Waals surface area contributed by atoms with Gasteiger partial charge in [0.25, 0.3) is 0 Å². The van der Waals surface area contributed by atoms with Crippen LogP contribution in [0.4, 0.5) is 0 Å². The topological polar surface area (TPSA) is 46.1 Å². The number of amides is 1. The number of aromatic nitrogens is 1. The maximum absolute atomic E-state index is 13.2. The van der Waals surface area contributed by atoms with E-state index in [1.807, 2.05) is 12.1 Å². The van der Waals surface area contributed by atoms with E-state index in [9.17, 15) is 4.79 Å². The number of fused-ring (bicyclic) bond motifs is 1. The number of nitrogens with one attached hydrogen (secondary N) is 2. The molecule has 4 nitrogen and oxygen atoms in total. The molecule has 1 aromatic heterocycles. The average molecular weight is 404 g/mol. The van der Waals surface area contributed by atoms with E-state index in [0.717, 1.165) is 12.8 Å². The van der Waals surface area contributed by atoms with Crippen molar-refractivity contribution < 1.29 is 4.79 Å². The van der Waals surface area contributed by atoms with E-state index in [0.29, 0.717) is 6.42 Å². The molecule has 1 atom stereocenters. The molecule has 1 amide bonds. The molecule has 2 N–H and O–H groups in total. The molecule has 2 heterocycles. The minimum atomic E-state index is -0.0335. The molecule has 1 fully saturated rings. The van der Waals surface area contributed by atoms with Crippen molar-refractivity contribution in [3.63, 3.8) is 0 Å². The van der Waals surface area contributed by atoms with Crippen LogP contribution in [0.2, 0.25) is 0 Å². The van der Waals surface area contributed by atoms with Crippen molar-refractivity contribution in [3.8, 4) is 0 Å². The summed E-state index contributed by atoms with van der Waals surface area (Å²) >= 11 is 0. The highest BCUT2D eigenvalue weighted by molar-refractivity contribution is 5.87. The first-order chi connectivity index (χ1) is 14.2. The van der Waals surface area contributed by atoms with E-state index in [4.69, 9.17) is 0 Å². The van der Waals surface area contributed by atoms with E-state index in [2.05, 4.69) is 97.8 Å². The second-order valence-corrected chi connectivity index (χ2v) is 9.98. The van der Waals surface area contributed by atoms with Crippen molar-refractivity contribution in [2.24, 2.45) is 0 Å². The predicted molar refractivity (Wildman–Crippen MR) is 124 cm³/mol. The van der Waals surface area contributed by atoms with Gasteiger partial charge in [0.15, 0.2) is 0 Å². The molecule has 0 bridgehead atoms. The fourth-order valence-electron chi connectivity index (χ4n) is 5.36. The normalized spacial score (nSPS) is 19.5. The standard InChI is InChI=1S/C26H33N3O/c1-25(2)17-20(18-26(3,4)28-25)27-24(30)16-23(29-14-7-8-15-29)22-13-9-11-19-10-5-6-12-21(19)22/h5-15,20,23,28H,16-18H2,1-4H3,(H,27,30)/t23-/m1/s1. The zero-order valence-electron chi connectivity index (χ0n) is 18.5. The number of benzene rings is 2. The van der Waals surface area contributed by atoms with Crippen molar-refractivity contribution in [2.45, 2.75) is 70.1 Å². The largest absolute Gasteiger partial charge is 0.353 e. The molecule has 4 heteroatoms. The number of nitrogens with zero attached hydrogens (tertiary/aromatic N) is 1. The minimum absolute atomic E-state index is 0.00909. The van der Waals surface area contributed by atoms with Crippen LogP contribution in [0.5, 0.6) is 0 Å². The van der Waals surface area contributed by atoms with Crippen LogP contribution in [0.15, 0.2) is 67.0 Å². The molecule has 0 radical (unpaired) electrons. The van der Waals surface area contributed by atoms with Gasteiger partial charge in [0.2, 0.25) is 5.91 Å². The summed E-state index contributed by atoms with van der Waals surface area (Å²) in [6.45, 7) is 8.86. The van der Waals surface area contributed by atoms with E-state index < -0.39 is 0 Å². The molecule has 0 spiro atoms. The SMILES string of the molecule is CC1(C)CC(NC(=O)C[C@H](c2cccc3ccccc23)n2cccc2)CC(C)(C)N1. The van der Waals surface area contributed by atoms with Gasteiger partial charge in [-0.15, -0.1) is 0 Å². The van der Waals surface area contributed by atoms with E-state index in [-0.39, 0.29) is 29.1 Å². The fourth-order valence-corrected chi connectivity index (χ4v) is 5.36. The van der Waals surface area contributed by atoms with Gasteiger partial charge in [0.1, 0.15) is 0 Å². The van der Waals surface area contributed by atoms with Crippen LogP contribution >= 0.6 is 0 Å². The molecule has 0 aliphatic carbocycles. The number of hydrogen-bond acceptors (Lipinski definition) is 2. The maximum atomic E-state index is 13.2. The summed E-state index contributed by atoms with van der Waals surface area (Å²) in [5.74, 6) is 0.111. The Hall–Kier alpha value is -2.59. The average Bonchev–Trinajstić information content (AvgIpc) is 3.17. The van der Waals surface area contributed by atoms with Crippen molar-refractivity contribution in [1.29, 1.82) is 0 Å². The highest BCUT2D eigenvalue weighted by Crippen LogP contribution is 2.31. The second-order valence-electron chi connectivity index (χ2n) is 9.98. The monoisotopic (exact) mass is 403 g/mol. The van der Waals surface area contributed by atoms with Crippen LogP contribution in [-0.4, -0.2) is 27.6 Å². The van der Waals surface area contributed by atoms with Gasteiger partial charge in [-0.25, -0.2) is 0 Å². The molecule has 0 unspecified atom stereocenters. The smallest absolute Gasteiger partial charge is 0.222 e. The molecule has 30 heavy (non-hydrogen) atoms. The van der Waals surface area contributed by atoms with Crippen molar-refractivity contribution in [1.82, 2.24) is 15.2 Å². The van der Waals surface area contributed by atoms with Crippen LogP contribution in [0.25, 0.3) is 10.8 Å². The molecule has 1 aliphatic heterocycles. The Bertz CT molecular complexity index is 998. The molecular formula is C26H33N3O. The molecule has 158 valence electrons. The van der Waals surface area contributed by atoms with Crippen LogP contribution in [0, 0.1) is 0 Å². The molecule has 0 saturated carbocycles. The molecule has 1 saturated heterocycles. The lowest BCUT2D eigenvalue weighted by atomic mass is 9.79. The van der Waals surface area contributed by atoms with Crippen LogP contribution in [-0.2, 0) is 4.79 Å². The zero-order valence-corrected chi connectivity index (χ0v) is 18.5. The second kappa shape index (κ2) is 7.92. The van der Waals surface area contributed by atoms with Gasteiger partial charge in [-0.2, -0.15) is 0 Å². The Balaban J connectivity index is 1.58. The minimum Gasteiger partial charge on any atom is -0.353 e. The van der Waals surface area contributed by atoms with Gasteiger partial charge in [0, 0.05) is 29.5 Å². The highest BCUT2D eigenvalue weighted by atomic mass is 16.1. The first-order valence-electron chi connectivity index (χ1n) is 10.9. The Morgan fingerprint density at radius 3 is 2.33 bits per heavy atom. The van der Waals surface area contributed by atoms with Gasteiger partial charge in [0.05, 0.1) is 12.5 Å². The Labute approximate surface area is 179 Å². The van der Waals surface area contributed by atoms with Crippen molar-refractivity contribution in [2.75, 3.05) is 0 Å². The summed E-state index contributed by atoms with van der Waals surface area (Å²) in [7, 11) is 0. The third-order valence-electron chi connectivity index (χ3n) is 6.10. The van der Waals surface area contributed by atoms with E-state index in [1.165, 1.54) is 16.3 Å². The zero-order chi connectivity index (χ0) is 21.4. The fraction of sp³-hybridized carbons (Fsp3) is 0.423. The lowest BCUT2D eigenvalue weighted by Gasteiger charge is -2.46. The number of hydrogen-bond donors (Lipinski definition) is 2. The summed E-state index contributed by atoms with van der Waals surface area (Å²) in [5, 5.41) is 9.44. The summed E-state index contributed by atoms with van der Waals surface area (Å²) < 4.78 is 2.15. The van der Waals surface area contributed by atoms with Gasteiger partial charge < -0.3 is 15.2 Å². The Kier molecular flexibility index (Phi) is 5.46. The molecule has 2 aromatic carbocycles. The maximum Gasteiger partial charge on any atom is 0.222 e. The first kappa shape index (κ1) is 20.7. The summed E-state index contributed by atoms with van der Waals surface area (Å²) in [6.07, 6.45) is 6.40. The number of carbonyl (C=O) groups excluding carboxylic acids is 1. The van der Waals surface area contributed by atoms with Gasteiger partial charge in [-0.3, -0.25) is 4.79 Å². The van der Waals surface area contributed by atoms with Gasteiger partial charge >= 0.3 is 0 Å². The lowest BCUT2D eigenvalue weighted by Crippen LogP contribution is -2.62. The predicted octanol–water partition coefficient (Wildman–Crippen LogP) is 5.05. The van der Waals surface area contributed by atoms with Crippen LogP contribution in [0.1, 0.15) is 58.6 Å². The third kappa shape index (κ3) is 4.59. The van der Waals surface area contributed by atoms with Crippen molar-refractivity contribution >= 4 is 16.7 Å². The molecule has 4 rings (SSSR count). The van der Waals surface area contributed by atoms with E-state index in [1.54, 1.807) is 0 Å². The number of carbonyl (C=O) groups is 1. The van der Waals surface area contributed by atoms with E-state index >= 15 is 0 Å². The van der Waals surface area contributed by atoms with Gasteiger partial charge in [-0.05, 0) is 69.0 Å². The Morgan fingerprint density at radius 1 is 1.00 bits per heavy atom. The summed E-state index contributed by atoms with van der Waals surface area (Å²) in [4.78, 5) is 13.2. The summed E-state index contributed by atoms with van der Waals surface area (Å²) in [6, 6.07) is 19.0. The van der Waals surface area contributed by atoms with Crippen LogP contribution in [0.3, 0.4) is 0 Å². The quantitative estimate of drug-likeness (QED) is 0.626. The van der Waals surface area contributed by atoms with Crippen LogP contribution < -0.4 is 10.6 Å². The van der Waals surface area contributed by atoms with Gasteiger partial charge in [-0.1, -0.05) is 42.5 Å². The molecule has 3 aromatic rings. The third-order valence-corrected chi connectivity index (χ3v) is 6.10. The first-order valence-corrected chi connectivity index (χ1v) is 10.9. The lowest BCUT2D eigenvalue weighted by molar-refractivity contribution is -0.122. The number of rotatable bonds is 5. The molecule has 1 aliphatic rings. The molecular weight excluding hydrogens is 370 g/mol. The van der Waals surface area contributed by atoms with Crippen molar-refractivity contribution in [3.05, 3.63) is 72.6 Å². The number of piperidine rings is 1. The Morgan fingerprint density at radius 2 is 1.63 bits per heavy atom.